The molecule has 1 aliphatic heterocycles. The van der Waals surface area contributed by atoms with Crippen molar-refractivity contribution in [1.82, 2.24) is 4.90 Å². The highest BCUT2D eigenvalue weighted by atomic mass is 32.2. The van der Waals surface area contributed by atoms with Crippen molar-refractivity contribution in [2.24, 2.45) is 5.41 Å². The highest BCUT2D eigenvalue weighted by Crippen LogP contribution is 2.32. The number of hydrogen-bond donors (Lipinski definition) is 0. The Morgan fingerprint density at radius 2 is 2.04 bits per heavy atom. The van der Waals surface area contributed by atoms with E-state index < -0.39 is 32.9 Å². The zero-order valence-electron chi connectivity index (χ0n) is 13.8. The standard InChI is InChI=1S/C16H20FNO5S/c1-4-24(21,22)11-5-6-13(17)12(9-11)14(19)18-8-7-16(2,10-18)15(20)23-3/h5-6,9H,4,7-8,10H2,1-3H3. The van der Waals surface area contributed by atoms with E-state index in [2.05, 4.69) is 0 Å². The number of halogens is 1. The number of ether oxygens (including phenoxy) is 1. The van der Waals surface area contributed by atoms with Gasteiger partial charge in [-0.05, 0) is 31.5 Å². The van der Waals surface area contributed by atoms with Gasteiger partial charge in [0.25, 0.3) is 5.91 Å². The number of esters is 1. The summed E-state index contributed by atoms with van der Waals surface area (Å²) in [6, 6.07) is 3.18. The summed E-state index contributed by atoms with van der Waals surface area (Å²) in [5.74, 6) is -1.99. The largest absolute Gasteiger partial charge is 0.469 e. The molecule has 2 rings (SSSR count). The first kappa shape index (κ1) is 18.4. The minimum atomic E-state index is -3.55. The van der Waals surface area contributed by atoms with Crippen LogP contribution in [-0.2, 0) is 19.4 Å². The van der Waals surface area contributed by atoms with E-state index in [-0.39, 0.29) is 29.3 Å². The van der Waals surface area contributed by atoms with E-state index in [1.807, 2.05) is 0 Å². The van der Waals surface area contributed by atoms with Gasteiger partial charge < -0.3 is 9.64 Å². The van der Waals surface area contributed by atoms with Gasteiger partial charge in [0.2, 0.25) is 0 Å². The number of hydrogen-bond acceptors (Lipinski definition) is 5. The number of carbonyl (C=O) groups is 2. The predicted molar refractivity (Wildman–Crippen MR) is 84.8 cm³/mol. The molecule has 0 spiro atoms. The van der Waals surface area contributed by atoms with E-state index in [0.29, 0.717) is 6.42 Å². The van der Waals surface area contributed by atoms with Gasteiger partial charge in [-0.2, -0.15) is 0 Å². The van der Waals surface area contributed by atoms with Gasteiger partial charge in [-0.25, -0.2) is 12.8 Å². The van der Waals surface area contributed by atoms with Crippen LogP contribution in [0.2, 0.25) is 0 Å². The Morgan fingerprint density at radius 3 is 2.62 bits per heavy atom. The highest BCUT2D eigenvalue weighted by Gasteiger charge is 2.43. The molecule has 1 amide bonds. The summed E-state index contributed by atoms with van der Waals surface area (Å²) in [6.45, 7) is 3.53. The second-order valence-electron chi connectivity index (χ2n) is 6.07. The second kappa shape index (κ2) is 6.51. The molecule has 1 saturated heterocycles. The third kappa shape index (κ3) is 3.28. The quantitative estimate of drug-likeness (QED) is 0.604. The van der Waals surface area contributed by atoms with Crippen molar-refractivity contribution in [3.8, 4) is 0 Å². The molecule has 0 N–H and O–H groups in total. The van der Waals surface area contributed by atoms with Crippen molar-refractivity contribution in [3.05, 3.63) is 29.6 Å². The molecule has 0 aliphatic carbocycles. The summed E-state index contributed by atoms with van der Waals surface area (Å²) in [5, 5.41) is 0. The molecular weight excluding hydrogens is 337 g/mol. The first-order valence-corrected chi connectivity index (χ1v) is 9.20. The van der Waals surface area contributed by atoms with Crippen LogP contribution in [0.25, 0.3) is 0 Å². The normalized spacial score (nSPS) is 20.9. The minimum absolute atomic E-state index is 0.0929. The average molecular weight is 357 g/mol. The first-order chi connectivity index (χ1) is 11.1. The number of nitrogens with zero attached hydrogens (tertiary/aromatic N) is 1. The van der Waals surface area contributed by atoms with Crippen molar-refractivity contribution in [3.63, 3.8) is 0 Å². The zero-order chi connectivity index (χ0) is 18.1. The Balaban J connectivity index is 2.31. The lowest BCUT2D eigenvalue weighted by Crippen LogP contribution is -2.36. The van der Waals surface area contributed by atoms with Crippen molar-refractivity contribution in [1.29, 1.82) is 0 Å². The average Bonchev–Trinajstić information content (AvgIpc) is 2.97. The number of rotatable bonds is 4. The van der Waals surface area contributed by atoms with E-state index in [1.54, 1.807) is 6.92 Å². The van der Waals surface area contributed by atoms with Crippen LogP contribution in [-0.4, -0.2) is 51.1 Å². The van der Waals surface area contributed by atoms with E-state index in [4.69, 9.17) is 4.74 Å². The molecule has 24 heavy (non-hydrogen) atoms. The van der Waals surface area contributed by atoms with Gasteiger partial charge in [0, 0.05) is 13.1 Å². The Kier molecular flexibility index (Phi) is 4.98. The summed E-state index contributed by atoms with van der Waals surface area (Å²) >= 11 is 0. The summed E-state index contributed by atoms with van der Waals surface area (Å²) in [4.78, 5) is 25.6. The molecule has 0 aromatic heterocycles. The summed E-state index contributed by atoms with van der Waals surface area (Å²) in [7, 11) is -2.27. The Hall–Kier alpha value is -1.96. The van der Waals surface area contributed by atoms with Crippen LogP contribution in [0.15, 0.2) is 23.1 Å². The number of amides is 1. The van der Waals surface area contributed by atoms with E-state index >= 15 is 0 Å². The molecule has 1 aromatic carbocycles. The lowest BCUT2D eigenvalue weighted by atomic mass is 9.90. The highest BCUT2D eigenvalue weighted by molar-refractivity contribution is 7.91. The van der Waals surface area contributed by atoms with Crippen LogP contribution < -0.4 is 0 Å². The monoisotopic (exact) mass is 357 g/mol. The van der Waals surface area contributed by atoms with Gasteiger partial charge in [-0.15, -0.1) is 0 Å². The van der Waals surface area contributed by atoms with Gasteiger partial charge in [0.05, 0.1) is 28.7 Å². The van der Waals surface area contributed by atoms with Crippen molar-refractivity contribution in [2.45, 2.75) is 25.2 Å². The van der Waals surface area contributed by atoms with E-state index in [9.17, 15) is 22.4 Å². The summed E-state index contributed by atoms with van der Waals surface area (Å²) in [6.07, 6.45) is 0.403. The fourth-order valence-electron chi connectivity index (χ4n) is 2.75. The Morgan fingerprint density at radius 1 is 1.38 bits per heavy atom. The van der Waals surface area contributed by atoms with Gasteiger partial charge in [0.15, 0.2) is 9.84 Å². The van der Waals surface area contributed by atoms with Gasteiger partial charge in [-0.1, -0.05) is 6.92 Å². The van der Waals surface area contributed by atoms with Crippen LogP contribution in [0.1, 0.15) is 30.6 Å². The van der Waals surface area contributed by atoms with Crippen LogP contribution in [0.5, 0.6) is 0 Å². The Bertz CT molecular complexity index is 777. The molecule has 0 saturated carbocycles. The van der Waals surface area contributed by atoms with Gasteiger partial charge >= 0.3 is 5.97 Å². The zero-order valence-corrected chi connectivity index (χ0v) is 14.7. The molecule has 6 nitrogen and oxygen atoms in total. The molecule has 8 heteroatoms. The number of likely N-dealkylation sites (tertiary alicyclic amines) is 1. The van der Waals surface area contributed by atoms with Crippen LogP contribution in [0, 0.1) is 11.2 Å². The molecule has 0 radical (unpaired) electrons. The third-order valence-corrected chi connectivity index (χ3v) is 6.08. The number of benzene rings is 1. The predicted octanol–water partition coefficient (Wildman–Crippen LogP) is 1.64. The van der Waals surface area contributed by atoms with Gasteiger partial charge in [0.1, 0.15) is 5.82 Å². The van der Waals surface area contributed by atoms with Crippen molar-refractivity contribution < 1.29 is 27.1 Å². The summed E-state index contributed by atoms with van der Waals surface area (Å²) in [5.41, 5.74) is -1.15. The van der Waals surface area contributed by atoms with Gasteiger partial charge in [-0.3, -0.25) is 9.59 Å². The second-order valence-corrected chi connectivity index (χ2v) is 8.35. The molecule has 1 fully saturated rings. The topological polar surface area (TPSA) is 80.8 Å². The molecule has 1 unspecified atom stereocenters. The summed E-state index contributed by atoms with van der Waals surface area (Å²) < 4.78 is 42.7. The molecule has 1 heterocycles. The number of methoxy groups -OCH3 is 1. The SMILES string of the molecule is CCS(=O)(=O)c1ccc(F)c(C(=O)N2CCC(C)(C(=O)OC)C2)c1. The Labute approximate surface area is 140 Å². The third-order valence-electron chi connectivity index (χ3n) is 4.35. The van der Waals surface area contributed by atoms with Crippen LogP contribution in [0.4, 0.5) is 4.39 Å². The molecule has 0 bridgehead atoms. The maximum absolute atomic E-state index is 14.0. The molecule has 1 aromatic rings. The lowest BCUT2D eigenvalue weighted by molar-refractivity contribution is -0.150. The van der Waals surface area contributed by atoms with Crippen LogP contribution >= 0.6 is 0 Å². The van der Waals surface area contributed by atoms with E-state index in [0.717, 1.165) is 18.2 Å². The molecule has 1 atom stereocenters. The van der Waals surface area contributed by atoms with Crippen molar-refractivity contribution >= 4 is 21.7 Å². The first-order valence-electron chi connectivity index (χ1n) is 7.54. The molecule has 1 aliphatic rings. The smallest absolute Gasteiger partial charge is 0.313 e. The van der Waals surface area contributed by atoms with Crippen molar-refractivity contribution in [2.75, 3.05) is 26.0 Å². The maximum atomic E-state index is 14.0. The fraction of sp³-hybridized carbons (Fsp3) is 0.500. The minimum Gasteiger partial charge on any atom is -0.469 e. The number of sulfone groups is 1. The molecular formula is C16H20FNO5S. The molecule has 132 valence electrons. The van der Waals surface area contributed by atoms with E-state index in [1.165, 1.54) is 18.9 Å². The lowest BCUT2D eigenvalue weighted by Gasteiger charge is -2.22. The number of carbonyl (C=O) groups excluding carboxylic acids is 2. The fourth-order valence-corrected chi connectivity index (χ4v) is 3.65. The maximum Gasteiger partial charge on any atom is 0.313 e. The van der Waals surface area contributed by atoms with Crippen LogP contribution in [0.3, 0.4) is 0 Å².